The molecule has 0 spiro atoms. The molecule has 1 aromatic rings. The summed E-state index contributed by atoms with van der Waals surface area (Å²) in [4.78, 5) is 10.8. The first kappa shape index (κ1) is 11.2. The molecule has 1 aromatic heterocycles. The minimum atomic E-state index is 0.573. The maximum Gasteiger partial charge on any atom is 0.134 e. The second kappa shape index (κ2) is 4.68. The quantitative estimate of drug-likeness (QED) is 0.825. The van der Waals surface area contributed by atoms with E-state index in [1.54, 1.807) is 6.33 Å². The van der Waals surface area contributed by atoms with Crippen LogP contribution in [0.4, 0.5) is 11.6 Å². The van der Waals surface area contributed by atoms with Gasteiger partial charge in [0, 0.05) is 25.7 Å². The summed E-state index contributed by atoms with van der Waals surface area (Å²) in [6.45, 7) is 5.23. The maximum atomic E-state index is 4.33. The zero-order valence-electron chi connectivity index (χ0n) is 10.3. The third-order valence-corrected chi connectivity index (χ3v) is 3.29. The second-order valence-electron chi connectivity index (χ2n) is 4.48. The van der Waals surface area contributed by atoms with Gasteiger partial charge in [-0.1, -0.05) is 0 Å². The molecule has 88 valence electrons. The zero-order chi connectivity index (χ0) is 11.5. The van der Waals surface area contributed by atoms with Crippen molar-refractivity contribution in [1.82, 2.24) is 9.97 Å². The first-order valence-corrected chi connectivity index (χ1v) is 6.01. The van der Waals surface area contributed by atoms with E-state index in [0.29, 0.717) is 6.04 Å². The lowest BCUT2D eigenvalue weighted by Gasteiger charge is -2.26. The summed E-state index contributed by atoms with van der Waals surface area (Å²) >= 11 is 0. The molecule has 16 heavy (non-hydrogen) atoms. The summed E-state index contributed by atoms with van der Waals surface area (Å²) in [6, 6.07) is 2.59. The van der Waals surface area contributed by atoms with Crippen molar-refractivity contribution in [3.05, 3.63) is 12.4 Å². The molecule has 0 aromatic carbocycles. The highest BCUT2D eigenvalue weighted by Crippen LogP contribution is 2.35. The average molecular weight is 220 g/mol. The van der Waals surface area contributed by atoms with Crippen LogP contribution in [0.5, 0.6) is 0 Å². The predicted octanol–water partition coefficient (Wildman–Crippen LogP) is 2.14. The molecule has 0 saturated heterocycles. The Balaban J connectivity index is 2.09. The number of rotatable bonds is 5. The van der Waals surface area contributed by atoms with Gasteiger partial charge >= 0.3 is 0 Å². The Labute approximate surface area is 97.1 Å². The highest BCUT2D eigenvalue weighted by atomic mass is 15.2. The van der Waals surface area contributed by atoms with Crippen LogP contribution in [0.15, 0.2) is 12.4 Å². The van der Waals surface area contributed by atoms with Crippen molar-refractivity contribution in [3.8, 4) is 0 Å². The number of hydrogen-bond donors (Lipinski definition) is 1. The number of hydrogen-bond acceptors (Lipinski definition) is 4. The zero-order valence-corrected chi connectivity index (χ0v) is 10.3. The molecule has 1 aliphatic carbocycles. The molecule has 1 fully saturated rings. The van der Waals surface area contributed by atoms with Crippen LogP contribution >= 0.6 is 0 Å². The van der Waals surface area contributed by atoms with Crippen molar-refractivity contribution >= 4 is 11.6 Å². The van der Waals surface area contributed by atoms with E-state index in [1.165, 1.54) is 12.8 Å². The fourth-order valence-electron chi connectivity index (χ4n) is 1.92. The third-order valence-electron chi connectivity index (χ3n) is 3.29. The van der Waals surface area contributed by atoms with E-state index in [9.17, 15) is 0 Å². The highest BCUT2D eigenvalue weighted by molar-refractivity contribution is 5.48. The van der Waals surface area contributed by atoms with Gasteiger partial charge in [0.2, 0.25) is 0 Å². The molecular weight excluding hydrogens is 200 g/mol. The molecule has 1 heterocycles. The van der Waals surface area contributed by atoms with Crippen LogP contribution in [-0.4, -0.2) is 29.6 Å². The van der Waals surface area contributed by atoms with Crippen LogP contribution in [0.2, 0.25) is 0 Å². The van der Waals surface area contributed by atoms with Gasteiger partial charge in [0.25, 0.3) is 0 Å². The van der Waals surface area contributed by atoms with Crippen molar-refractivity contribution in [2.24, 2.45) is 5.92 Å². The molecule has 0 aliphatic heterocycles. The average Bonchev–Trinajstić information content (AvgIpc) is 3.12. The Morgan fingerprint density at radius 1 is 1.50 bits per heavy atom. The lowest BCUT2D eigenvalue weighted by Crippen LogP contribution is -2.31. The molecule has 0 bridgehead atoms. The smallest absolute Gasteiger partial charge is 0.134 e. The van der Waals surface area contributed by atoms with Crippen molar-refractivity contribution in [2.75, 3.05) is 23.8 Å². The van der Waals surface area contributed by atoms with E-state index in [1.807, 2.05) is 6.07 Å². The van der Waals surface area contributed by atoms with Gasteiger partial charge in [0.05, 0.1) is 0 Å². The van der Waals surface area contributed by atoms with Gasteiger partial charge in [-0.25, -0.2) is 9.97 Å². The second-order valence-corrected chi connectivity index (χ2v) is 4.48. The third kappa shape index (κ3) is 2.43. The van der Waals surface area contributed by atoms with E-state index in [0.717, 1.165) is 24.1 Å². The first-order valence-electron chi connectivity index (χ1n) is 6.01. The van der Waals surface area contributed by atoms with Gasteiger partial charge < -0.3 is 10.2 Å². The molecule has 1 saturated carbocycles. The molecule has 4 nitrogen and oxygen atoms in total. The molecule has 1 unspecified atom stereocenters. The minimum absolute atomic E-state index is 0.573. The van der Waals surface area contributed by atoms with Crippen molar-refractivity contribution < 1.29 is 0 Å². The van der Waals surface area contributed by atoms with Crippen LogP contribution in [-0.2, 0) is 0 Å². The topological polar surface area (TPSA) is 41.0 Å². The molecule has 2 rings (SSSR count). The number of nitrogens with zero attached hydrogens (tertiary/aromatic N) is 3. The normalized spacial score (nSPS) is 16.9. The molecule has 4 heteroatoms. The van der Waals surface area contributed by atoms with Gasteiger partial charge in [-0.2, -0.15) is 0 Å². The Hall–Kier alpha value is -1.32. The van der Waals surface area contributed by atoms with Crippen molar-refractivity contribution in [1.29, 1.82) is 0 Å². The van der Waals surface area contributed by atoms with Gasteiger partial charge in [-0.05, 0) is 32.6 Å². The number of aromatic nitrogens is 2. The maximum absolute atomic E-state index is 4.33. The van der Waals surface area contributed by atoms with Gasteiger partial charge in [0.15, 0.2) is 0 Å². The largest absolute Gasteiger partial charge is 0.370 e. The molecular formula is C12H20N4. The SMILES string of the molecule is CCNc1cc(N(C)C(C)C2CC2)ncn1. The van der Waals surface area contributed by atoms with E-state index in [2.05, 4.69) is 41.1 Å². The van der Waals surface area contributed by atoms with Crippen molar-refractivity contribution in [3.63, 3.8) is 0 Å². The Bertz CT molecular complexity index is 349. The fraction of sp³-hybridized carbons (Fsp3) is 0.667. The van der Waals surface area contributed by atoms with Gasteiger partial charge in [0.1, 0.15) is 18.0 Å². The monoisotopic (exact) mass is 220 g/mol. The number of anilines is 2. The van der Waals surface area contributed by atoms with Crippen molar-refractivity contribution in [2.45, 2.75) is 32.7 Å². The standard InChI is InChI=1S/C12H20N4/c1-4-13-11-7-12(15-8-14-11)16(3)9(2)10-5-6-10/h7-10H,4-6H2,1-3H3,(H,13,14,15). The molecule has 0 radical (unpaired) electrons. The summed E-state index contributed by atoms with van der Waals surface area (Å²) in [7, 11) is 2.11. The van der Waals surface area contributed by atoms with E-state index in [-0.39, 0.29) is 0 Å². The Kier molecular flexibility index (Phi) is 3.27. The Morgan fingerprint density at radius 3 is 2.88 bits per heavy atom. The minimum Gasteiger partial charge on any atom is -0.370 e. The Morgan fingerprint density at radius 2 is 2.25 bits per heavy atom. The highest BCUT2D eigenvalue weighted by Gasteiger charge is 2.31. The lowest BCUT2D eigenvalue weighted by molar-refractivity contribution is 0.603. The number of nitrogens with one attached hydrogen (secondary N) is 1. The summed E-state index contributed by atoms with van der Waals surface area (Å²) in [5, 5.41) is 3.21. The van der Waals surface area contributed by atoms with Crippen LogP contribution in [0, 0.1) is 5.92 Å². The lowest BCUT2D eigenvalue weighted by atomic mass is 10.2. The van der Waals surface area contributed by atoms with Crippen LogP contribution in [0.25, 0.3) is 0 Å². The van der Waals surface area contributed by atoms with E-state index >= 15 is 0 Å². The molecule has 0 amide bonds. The van der Waals surface area contributed by atoms with E-state index < -0.39 is 0 Å². The molecule has 1 atom stereocenters. The van der Waals surface area contributed by atoms with Gasteiger partial charge in [-0.3, -0.25) is 0 Å². The van der Waals surface area contributed by atoms with Crippen LogP contribution in [0.3, 0.4) is 0 Å². The summed E-state index contributed by atoms with van der Waals surface area (Å²) in [6.07, 6.45) is 4.34. The van der Waals surface area contributed by atoms with Gasteiger partial charge in [-0.15, -0.1) is 0 Å². The summed E-state index contributed by atoms with van der Waals surface area (Å²) < 4.78 is 0. The van der Waals surface area contributed by atoms with Crippen LogP contribution in [0.1, 0.15) is 26.7 Å². The fourth-order valence-corrected chi connectivity index (χ4v) is 1.92. The molecule has 1 aliphatic rings. The first-order chi connectivity index (χ1) is 7.72. The van der Waals surface area contributed by atoms with Crippen LogP contribution < -0.4 is 10.2 Å². The summed E-state index contributed by atoms with van der Waals surface area (Å²) in [5.41, 5.74) is 0. The predicted molar refractivity (Wildman–Crippen MR) is 66.8 cm³/mol. The summed E-state index contributed by atoms with van der Waals surface area (Å²) in [5.74, 6) is 2.76. The van der Waals surface area contributed by atoms with E-state index in [4.69, 9.17) is 0 Å². The molecule has 1 N–H and O–H groups in total.